The van der Waals surface area contributed by atoms with Gasteiger partial charge in [0.05, 0.1) is 17.9 Å². The zero-order valence-corrected chi connectivity index (χ0v) is 15.0. The zero-order valence-electron chi connectivity index (χ0n) is 14.2. The molecule has 0 fully saturated rings. The number of aromatic nitrogens is 2. The lowest BCUT2D eigenvalue weighted by Gasteiger charge is -2.04. The molecule has 0 saturated heterocycles. The number of anilines is 1. The average Bonchev–Trinajstić information content (AvgIpc) is 3.09. The molecular weight excluding hydrogens is 334 g/mol. The molecule has 0 bridgehead atoms. The van der Waals surface area contributed by atoms with Crippen molar-refractivity contribution in [3.63, 3.8) is 0 Å². The van der Waals surface area contributed by atoms with E-state index in [0.717, 1.165) is 29.1 Å². The van der Waals surface area contributed by atoms with Gasteiger partial charge in [-0.1, -0.05) is 6.92 Å². The highest BCUT2D eigenvalue weighted by atomic mass is 32.1. The number of hydrogen-bond donors (Lipinski definition) is 1. The Kier molecular flexibility index (Phi) is 5.40. The van der Waals surface area contributed by atoms with Crippen LogP contribution < -0.4 is 10.1 Å². The van der Waals surface area contributed by atoms with Gasteiger partial charge < -0.3 is 4.74 Å². The molecule has 1 aromatic carbocycles. The lowest BCUT2D eigenvalue weighted by Crippen LogP contribution is -2.12. The molecule has 25 heavy (non-hydrogen) atoms. The highest BCUT2D eigenvalue weighted by Gasteiger charge is 2.10. The second-order valence-corrected chi connectivity index (χ2v) is 6.41. The van der Waals surface area contributed by atoms with E-state index in [1.54, 1.807) is 12.3 Å². The highest BCUT2D eigenvalue weighted by molar-refractivity contribution is 7.14. The van der Waals surface area contributed by atoms with Crippen molar-refractivity contribution in [2.24, 2.45) is 0 Å². The first-order chi connectivity index (χ1) is 12.2. The Hall–Kier alpha value is -2.73. The quantitative estimate of drug-likeness (QED) is 0.706. The Bertz CT molecular complexity index is 842. The van der Waals surface area contributed by atoms with E-state index in [0.29, 0.717) is 17.3 Å². The van der Waals surface area contributed by atoms with Crippen molar-refractivity contribution in [3.05, 3.63) is 59.2 Å². The fourth-order valence-electron chi connectivity index (χ4n) is 2.18. The van der Waals surface area contributed by atoms with Crippen molar-refractivity contribution in [2.45, 2.75) is 20.3 Å². The molecule has 0 atom stereocenters. The molecule has 0 spiro atoms. The fourth-order valence-corrected chi connectivity index (χ4v) is 2.89. The van der Waals surface area contributed by atoms with Crippen LogP contribution in [-0.4, -0.2) is 22.5 Å². The van der Waals surface area contributed by atoms with Gasteiger partial charge in [-0.05, 0) is 49.7 Å². The molecule has 2 heterocycles. The SMILES string of the molecule is CCCOc1ccc(-c2csc(NC(=O)c3ccc(C)nc3)n2)cc1. The molecule has 0 aliphatic heterocycles. The number of carbonyl (C=O) groups excluding carboxylic acids is 1. The summed E-state index contributed by atoms with van der Waals surface area (Å²) in [6.45, 7) is 4.67. The van der Waals surface area contributed by atoms with E-state index in [1.165, 1.54) is 11.3 Å². The second-order valence-electron chi connectivity index (χ2n) is 5.55. The predicted octanol–water partition coefficient (Wildman–Crippen LogP) is 4.55. The Balaban J connectivity index is 1.67. The van der Waals surface area contributed by atoms with Crippen molar-refractivity contribution in [1.82, 2.24) is 9.97 Å². The number of benzene rings is 1. The van der Waals surface area contributed by atoms with Gasteiger partial charge in [0, 0.05) is 22.8 Å². The van der Waals surface area contributed by atoms with Crippen LogP contribution in [-0.2, 0) is 0 Å². The van der Waals surface area contributed by atoms with Crippen LogP contribution in [0.1, 0.15) is 29.4 Å². The minimum Gasteiger partial charge on any atom is -0.494 e. The summed E-state index contributed by atoms with van der Waals surface area (Å²) in [5.74, 6) is 0.637. The van der Waals surface area contributed by atoms with Crippen LogP contribution in [0.2, 0.25) is 0 Å². The van der Waals surface area contributed by atoms with E-state index >= 15 is 0 Å². The third-order valence-corrected chi connectivity index (χ3v) is 4.28. The van der Waals surface area contributed by atoms with Crippen LogP contribution in [0.4, 0.5) is 5.13 Å². The first kappa shape index (κ1) is 17.1. The van der Waals surface area contributed by atoms with Crippen molar-refractivity contribution >= 4 is 22.4 Å². The molecule has 6 heteroatoms. The summed E-state index contributed by atoms with van der Waals surface area (Å²) in [5, 5.41) is 5.29. The molecule has 2 aromatic heterocycles. The van der Waals surface area contributed by atoms with Gasteiger partial charge in [-0.2, -0.15) is 0 Å². The van der Waals surface area contributed by atoms with Gasteiger partial charge >= 0.3 is 0 Å². The van der Waals surface area contributed by atoms with E-state index in [9.17, 15) is 4.79 Å². The molecular formula is C19H19N3O2S. The topological polar surface area (TPSA) is 64.1 Å². The van der Waals surface area contributed by atoms with E-state index < -0.39 is 0 Å². The maximum atomic E-state index is 12.2. The van der Waals surface area contributed by atoms with Gasteiger partial charge in [0.15, 0.2) is 5.13 Å². The number of ether oxygens (including phenoxy) is 1. The molecule has 0 saturated carbocycles. The minimum atomic E-state index is -0.211. The molecule has 0 radical (unpaired) electrons. The number of nitrogens with one attached hydrogen (secondary N) is 1. The average molecular weight is 353 g/mol. The number of hydrogen-bond acceptors (Lipinski definition) is 5. The molecule has 0 unspecified atom stereocenters. The van der Waals surface area contributed by atoms with Gasteiger partial charge in [-0.15, -0.1) is 11.3 Å². The number of rotatable bonds is 6. The van der Waals surface area contributed by atoms with E-state index in [2.05, 4.69) is 22.2 Å². The van der Waals surface area contributed by atoms with Crippen molar-refractivity contribution in [1.29, 1.82) is 0 Å². The summed E-state index contributed by atoms with van der Waals surface area (Å²) in [7, 11) is 0. The first-order valence-electron chi connectivity index (χ1n) is 8.08. The monoisotopic (exact) mass is 353 g/mol. The molecule has 1 N–H and O–H groups in total. The Morgan fingerprint density at radius 1 is 1.20 bits per heavy atom. The largest absolute Gasteiger partial charge is 0.494 e. The van der Waals surface area contributed by atoms with Crippen molar-refractivity contribution < 1.29 is 9.53 Å². The molecule has 5 nitrogen and oxygen atoms in total. The Morgan fingerprint density at radius 2 is 2.00 bits per heavy atom. The number of thiazole rings is 1. The van der Waals surface area contributed by atoms with Crippen LogP contribution in [0.5, 0.6) is 5.75 Å². The maximum absolute atomic E-state index is 12.2. The van der Waals surface area contributed by atoms with Gasteiger partial charge in [0.25, 0.3) is 5.91 Å². The van der Waals surface area contributed by atoms with Crippen LogP contribution in [0.3, 0.4) is 0 Å². The van der Waals surface area contributed by atoms with Crippen LogP contribution in [0.15, 0.2) is 48.0 Å². The van der Waals surface area contributed by atoms with Gasteiger partial charge in [-0.3, -0.25) is 15.1 Å². The molecule has 128 valence electrons. The smallest absolute Gasteiger partial charge is 0.259 e. The minimum absolute atomic E-state index is 0.211. The summed E-state index contributed by atoms with van der Waals surface area (Å²) >= 11 is 1.39. The van der Waals surface area contributed by atoms with Gasteiger partial charge in [0.2, 0.25) is 0 Å². The fraction of sp³-hybridized carbons (Fsp3) is 0.211. The molecule has 0 aliphatic carbocycles. The maximum Gasteiger partial charge on any atom is 0.259 e. The normalized spacial score (nSPS) is 10.5. The predicted molar refractivity (Wildman–Crippen MR) is 100 cm³/mol. The Labute approximate surface area is 150 Å². The number of aryl methyl sites for hydroxylation is 1. The Morgan fingerprint density at radius 3 is 2.68 bits per heavy atom. The lowest BCUT2D eigenvalue weighted by molar-refractivity contribution is 0.102. The summed E-state index contributed by atoms with van der Waals surface area (Å²) < 4.78 is 5.58. The number of carbonyl (C=O) groups is 1. The van der Waals surface area contributed by atoms with E-state index in [4.69, 9.17) is 4.74 Å². The first-order valence-corrected chi connectivity index (χ1v) is 8.96. The standard InChI is InChI=1S/C19H19N3O2S/c1-3-10-24-16-8-6-14(7-9-16)17-12-25-19(21-17)22-18(23)15-5-4-13(2)20-11-15/h4-9,11-12H,3,10H2,1-2H3,(H,21,22,23). The third kappa shape index (κ3) is 4.42. The zero-order chi connectivity index (χ0) is 17.6. The number of amides is 1. The highest BCUT2D eigenvalue weighted by Crippen LogP contribution is 2.26. The van der Waals surface area contributed by atoms with Gasteiger partial charge in [0.1, 0.15) is 5.75 Å². The van der Waals surface area contributed by atoms with Gasteiger partial charge in [-0.25, -0.2) is 4.98 Å². The van der Waals surface area contributed by atoms with Crippen LogP contribution >= 0.6 is 11.3 Å². The van der Waals surface area contributed by atoms with Crippen molar-refractivity contribution in [3.8, 4) is 17.0 Å². The number of pyridine rings is 1. The molecule has 0 aliphatic rings. The van der Waals surface area contributed by atoms with Crippen molar-refractivity contribution in [2.75, 3.05) is 11.9 Å². The van der Waals surface area contributed by atoms with E-state index in [-0.39, 0.29) is 5.91 Å². The number of nitrogens with zero attached hydrogens (tertiary/aromatic N) is 2. The van der Waals surface area contributed by atoms with E-state index in [1.807, 2.05) is 42.6 Å². The second kappa shape index (κ2) is 7.90. The molecule has 3 aromatic rings. The summed E-state index contributed by atoms with van der Waals surface area (Å²) in [4.78, 5) is 20.8. The molecule has 3 rings (SSSR count). The summed E-state index contributed by atoms with van der Waals surface area (Å²) in [6, 6.07) is 11.4. The van der Waals surface area contributed by atoms with Crippen LogP contribution in [0, 0.1) is 6.92 Å². The summed E-state index contributed by atoms with van der Waals surface area (Å²) in [6.07, 6.45) is 2.54. The van der Waals surface area contributed by atoms with Crippen LogP contribution in [0.25, 0.3) is 11.3 Å². The lowest BCUT2D eigenvalue weighted by atomic mass is 10.2. The summed E-state index contributed by atoms with van der Waals surface area (Å²) in [5.41, 5.74) is 3.20. The molecule has 1 amide bonds. The third-order valence-electron chi connectivity index (χ3n) is 3.52.